The molecule has 6 heteroatoms. The second kappa shape index (κ2) is 3.83. The average molecular weight is 252 g/mol. The average Bonchev–Trinajstić information content (AvgIpc) is 2.46. The van der Waals surface area contributed by atoms with E-state index in [-0.39, 0.29) is 16.6 Å². The zero-order valence-electron chi connectivity index (χ0n) is 7.50. The van der Waals surface area contributed by atoms with Gasteiger partial charge < -0.3 is 0 Å². The molecule has 0 N–H and O–H groups in total. The molecule has 1 aliphatic heterocycles. The van der Waals surface area contributed by atoms with E-state index < -0.39 is 11.1 Å². The zero-order chi connectivity index (χ0) is 11.1. The van der Waals surface area contributed by atoms with Crippen LogP contribution in [0.15, 0.2) is 12.1 Å². The van der Waals surface area contributed by atoms with Crippen molar-refractivity contribution in [3.8, 4) is 0 Å². The molecule has 0 radical (unpaired) electrons. The van der Waals surface area contributed by atoms with Gasteiger partial charge in [0.05, 0.1) is 4.88 Å². The lowest BCUT2D eigenvalue weighted by atomic mass is 10.1. The molecule has 0 saturated carbocycles. The Balaban J connectivity index is 2.16. The van der Waals surface area contributed by atoms with Gasteiger partial charge in [-0.25, -0.2) is 0 Å². The van der Waals surface area contributed by atoms with Crippen molar-refractivity contribution in [3.05, 3.63) is 21.9 Å². The topological polar surface area (TPSA) is 17.1 Å². The summed E-state index contributed by atoms with van der Waals surface area (Å²) in [5.74, 6) is 1.25. The van der Waals surface area contributed by atoms with E-state index in [0.717, 1.165) is 17.6 Å². The van der Waals surface area contributed by atoms with E-state index in [1.54, 1.807) is 11.8 Å². The van der Waals surface area contributed by atoms with Crippen LogP contribution in [0.3, 0.4) is 0 Å². The zero-order valence-corrected chi connectivity index (χ0v) is 9.14. The third-order valence-electron chi connectivity index (χ3n) is 2.14. The van der Waals surface area contributed by atoms with Crippen molar-refractivity contribution in [1.29, 1.82) is 0 Å². The molecule has 82 valence electrons. The molecule has 0 bridgehead atoms. The number of halogens is 3. The van der Waals surface area contributed by atoms with Gasteiger partial charge >= 0.3 is 6.18 Å². The minimum atomic E-state index is -4.34. The minimum absolute atomic E-state index is 0.0743. The van der Waals surface area contributed by atoms with Gasteiger partial charge in [0, 0.05) is 17.4 Å². The van der Waals surface area contributed by atoms with Crippen molar-refractivity contribution < 1.29 is 18.0 Å². The largest absolute Gasteiger partial charge is 0.425 e. The molecule has 1 nitrogen and oxygen atoms in total. The molecule has 0 aromatic carbocycles. The van der Waals surface area contributed by atoms with E-state index in [4.69, 9.17) is 0 Å². The van der Waals surface area contributed by atoms with Crippen LogP contribution >= 0.6 is 23.1 Å². The number of carbonyl (C=O) groups excluding carboxylic acids is 1. The van der Waals surface area contributed by atoms with Crippen molar-refractivity contribution in [3.63, 3.8) is 0 Å². The minimum Gasteiger partial charge on any atom is -0.293 e. The van der Waals surface area contributed by atoms with Crippen LogP contribution in [0.5, 0.6) is 0 Å². The SMILES string of the molecule is O=C(c1ccc(C(F)(F)F)s1)C1CSC1. The highest BCUT2D eigenvalue weighted by Gasteiger charge is 2.34. The summed E-state index contributed by atoms with van der Waals surface area (Å²) < 4.78 is 36.8. The Morgan fingerprint density at radius 1 is 1.33 bits per heavy atom. The van der Waals surface area contributed by atoms with Crippen LogP contribution < -0.4 is 0 Å². The molecule has 0 atom stereocenters. The van der Waals surface area contributed by atoms with Crippen LogP contribution in [0, 0.1) is 5.92 Å². The predicted molar refractivity (Wildman–Crippen MR) is 54.5 cm³/mol. The molecule has 2 heterocycles. The van der Waals surface area contributed by atoms with Crippen LogP contribution in [-0.4, -0.2) is 17.3 Å². The van der Waals surface area contributed by atoms with E-state index in [0.29, 0.717) is 11.3 Å². The molecular formula is C9H7F3OS2. The number of Topliss-reactive ketones (excluding diaryl/α,β-unsaturated/α-hetero) is 1. The van der Waals surface area contributed by atoms with Crippen molar-refractivity contribution in [2.75, 3.05) is 11.5 Å². The van der Waals surface area contributed by atoms with E-state index >= 15 is 0 Å². The lowest BCUT2D eigenvalue weighted by Crippen LogP contribution is -2.26. The molecule has 1 aliphatic rings. The summed E-state index contributed by atoms with van der Waals surface area (Å²) in [5.41, 5.74) is 0. The fourth-order valence-corrected chi connectivity index (χ4v) is 2.88. The lowest BCUT2D eigenvalue weighted by Gasteiger charge is -2.22. The van der Waals surface area contributed by atoms with Crippen LogP contribution in [0.25, 0.3) is 0 Å². The predicted octanol–water partition coefficient (Wildman–Crippen LogP) is 3.31. The molecule has 1 saturated heterocycles. The maximum Gasteiger partial charge on any atom is 0.425 e. The second-order valence-corrected chi connectivity index (χ2v) is 5.42. The van der Waals surface area contributed by atoms with Gasteiger partial charge in [-0.2, -0.15) is 24.9 Å². The number of ketones is 1. The first-order valence-corrected chi connectivity index (χ1v) is 6.24. The molecule has 2 rings (SSSR count). The molecular weight excluding hydrogens is 245 g/mol. The summed E-state index contributed by atoms with van der Waals surface area (Å²) in [5, 5.41) is 0. The van der Waals surface area contributed by atoms with Crippen LogP contribution in [-0.2, 0) is 6.18 Å². The highest BCUT2D eigenvalue weighted by atomic mass is 32.2. The summed E-state index contributed by atoms with van der Waals surface area (Å²) in [6.07, 6.45) is -4.34. The maximum atomic E-state index is 12.3. The Bertz CT molecular complexity index is 379. The van der Waals surface area contributed by atoms with Gasteiger partial charge in [-0.05, 0) is 12.1 Å². The van der Waals surface area contributed by atoms with Gasteiger partial charge in [0.2, 0.25) is 0 Å². The summed E-state index contributed by atoms with van der Waals surface area (Å²) in [6, 6.07) is 2.25. The molecule has 1 fully saturated rings. The number of thioether (sulfide) groups is 1. The first-order valence-electron chi connectivity index (χ1n) is 4.27. The Labute approximate surface area is 92.7 Å². The summed E-state index contributed by atoms with van der Waals surface area (Å²) >= 11 is 2.18. The van der Waals surface area contributed by atoms with E-state index in [9.17, 15) is 18.0 Å². The van der Waals surface area contributed by atoms with Crippen molar-refractivity contribution >= 4 is 28.9 Å². The molecule has 0 spiro atoms. The van der Waals surface area contributed by atoms with Gasteiger partial charge in [-0.3, -0.25) is 4.79 Å². The third-order valence-corrected chi connectivity index (χ3v) is 4.56. The molecule has 1 aromatic rings. The smallest absolute Gasteiger partial charge is 0.293 e. The van der Waals surface area contributed by atoms with Gasteiger partial charge in [0.15, 0.2) is 5.78 Å². The molecule has 1 aromatic heterocycles. The summed E-state index contributed by atoms with van der Waals surface area (Å²) in [6.45, 7) is 0. The third kappa shape index (κ3) is 2.20. The highest BCUT2D eigenvalue weighted by molar-refractivity contribution is 8.00. The number of hydrogen-bond donors (Lipinski definition) is 0. The highest BCUT2D eigenvalue weighted by Crippen LogP contribution is 2.36. The van der Waals surface area contributed by atoms with Gasteiger partial charge in [-0.15, -0.1) is 11.3 Å². The van der Waals surface area contributed by atoms with E-state index in [2.05, 4.69) is 0 Å². The van der Waals surface area contributed by atoms with Crippen molar-refractivity contribution in [1.82, 2.24) is 0 Å². The normalized spacial score (nSPS) is 17.5. The van der Waals surface area contributed by atoms with Crippen LogP contribution in [0.2, 0.25) is 0 Å². The number of thiophene rings is 1. The van der Waals surface area contributed by atoms with Crippen molar-refractivity contribution in [2.45, 2.75) is 6.18 Å². The molecule has 0 unspecified atom stereocenters. The van der Waals surface area contributed by atoms with E-state index in [1.165, 1.54) is 6.07 Å². The number of carbonyl (C=O) groups is 1. The fraction of sp³-hybridized carbons (Fsp3) is 0.444. The van der Waals surface area contributed by atoms with Crippen LogP contribution in [0.1, 0.15) is 14.5 Å². The first-order chi connectivity index (χ1) is 6.98. The van der Waals surface area contributed by atoms with Gasteiger partial charge in [-0.1, -0.05) is 0 Å². The second-order valence-electron chi connectivity index (χ2n) is 3.26. The van der Waals surface area contributed by atoms with E-state index in [1.807, 2.05) is 0 Å². The number of hydrogen-bond acceptors (Lipinski definition) is 3. The molecule has 0 amide bonds. The summed E-state index contributed by atoms with van der Waals surface area (Å²) in [7, 11) is 0. The quantitative estimate of drug-likeness (QED) is 0.751. The Hall–Kier alpha value is -0.490. The van der Waals surface area contributed by atoms with Gasteiger partial charge in [0.25, 0.3) is 0 Å². The standard InChI is InChI=1S/C9H7F3OS2/c10-9(11,12)7-2-1-6(15-7)8(13)5-3-14-4-5/h1-2,5H,3-4H2. The number of alkyl halides is 3. The van der Waals surface area contributed by atoms with Crippen molar-refractivity contribution in [2.24, 2.45) is 5.92 Å². The summed E-state index contributed by atoms with van der Waals surface area (Å²) in [4.78, 5) is 11.1. The van der Waals surface area contributed by atoms with Crippen LogP contribution in [0.4, 0.5) is 13.2 Å². The lowest BCUT2D eigenvalue weighted by molar-refractivity contribution is -0.134. The number of rotatable bonds is 2. The van der Waals surface area contributed by atoms with Gasteiger partial charge in [0.1, 0.15) is 4.88 Å². The Kier molecular flexibility index (Phi) is 2.81. The Morgan fingerprint density at radius 2 is 2.00 bits per heavy atom. The first kappa shape index (κ1) is 11.0. The fourth-order valence-electron chi connectivity index (χ4n) is 1.21. The Morgan fingerprint density at radius 3 is 2.40 bits per heavy atom. The monoisotopic (exact) mass is 252 g/mol. The molecule has 15 heavy (non-hydrogen) atoms. The maximum absolute atomic E-state index is 12.3. The molecule has 0 aliphatic carbocycles.